The van der Waals surface area contributed by atoms with Gasteiger partial charge >= 0.3 is 12.0 Å². The number of nitrogens with one attached hydrogen (secondary N) is 1. The number of thiazole rings is 1. The molecule has 1 aliphatic heterocycles. The molecule has 0 saturated carbocycles. The fourth-order valence-electron chi connectivity index (χ4n) is 2.01. The Morgan fingerprint density at radius 1 is 1.57 bits per heavy atom. The summed E-state index contributed by atoms with van der Waals surface area (Å²) in [7, 11) is -1.50. The van der Waals surface area contributed by atoms with Gasteiger partial charge in [0.1, 0.15) is 5.01 Å². The van der Waals surface area contributed by atoms with Crippen molar-refractivity contribution in [1.29, 1.82) is 0 Å². The molecule has 8 nitrogen and oxygen atoms in total. The molecule has 0 spiro atoms. The SMILES string of the molecule is CN(C(=O)NCc1nc(C(=O)O)cs1)C1CCS(=O)(=O)C1. The summed E-state index contributed by atoms with van der Waals surface area (Å²) < 4.78 is 22.8. The number of urea groups is 1. The number of carbonyl (C=O) groups is 2. The zero-order chi connectivity index (χ0) is 15.6. The Labute approximate surface area is 125 Å². The summed E-state index contributed by atoms with van der Waals surface area (Å²) >= 11 is 1.14. The maximum Gasteiger partial charge on any atom is 0.355 e. The standard InChI is InChI=1S/C11H15N3O5S2/c1-14(7-2-3-21(18,19)6-7)11(17)12-4-9-13-8(5-20-9)10(15)16/h5,7H,2-4,6H2,1H3,(H,12,17)(H,15,16). The quantitative estimate of drug-likeness (QED) is 0.811. The van der Waals surface area contributed by atoms with Gasteiger partial charge in [-0.2, -0.15) is 0 Å². The first-order valence-corrected chi connectivity index (χ1v) is 8.87. The number of carbonyl (C=O) groups excluding carboxylic acids is 1. The summed E-state index contributed by atoms with van der Waals surface area (Å²) in [4.78, 5) is 27.8. The first-order valence-electron chi connectivity index (χ1n) is 6.17. The lowest BCUT2D eigenvalue weighted by molar-refractivity contribution is 0.0691. The van der Waals surface area contributed by atoms with Gasteiger partial charge in [-0.15, -0.1) is 11.3 Å². The number of aromatic nitrogens is 1. The van der Waals surface area contributed by atoms with Crippen LogP contribution < -0.4 is 5.32 Å². The smallest absolute Gasteiger partial charge is 0.355 e. The number of rotatable bonds is 4. The van der Waals surface area contributed by atoms with Crippen molar-refractivity contribution in [2.24, 2.45) is 0 Å². The zero-order valence-corrected chi connectivity index (χ0v) is 12.9. The fourth-order valence-corrected chi connectivity index (χ4v) is 4.50. The number of hydrogen-bond acceptors (Lipinski definition) is 6. The van der Waals surface area contributed by atoms with Crippen LogP contribution in [0.2, 0.25) is 0 Å². The monoisotopic (exact) mass is 333 g/mol. The predicted molar refractivity (Wildman–Crippen MR) is 76.1 cm³/mol. The molecule has 1 aromatic rings. The molecule has 1 aromatic heterocycles. The lowest BCUT2D eigenvalue weighted by Crippen LogP contribution is -2.43. The molecule has 0 aromatic carbocycles. The summed E-state index contributed by atoms with van der Waals surface area (Å²) in [6.45, 7) is 0.112. The van der Waals surface area contributed by atoms with Crippen LogP contribution in [0.4, 0.5) is 4.79 Å². The number of carboxylic acid groups (broad SMARTS) is 1. The number of carboxylic acids is 1. The van der Waals surface area contributed by atoms with E-state index in [1.165, 1.54) is 10.3 Å². The Balaban J connectivity index is 1.88. The molecule has 10 heteroatoms. The van der Waals surface area contributed by atoms with E-state index in [2.05, 4.69) is 10.3 Å². The van der Waals surface area contributed by atoms with E-state index in [9.17, 15) is 18.0 Å². The van der Waals surface area contributed by atoms with Crippen LogP contribution in [0.3, 0.4) is 0 Å². The van der Waals surface area contributed by atoms with Gasteiger partial charge in [-0.25, -0.2) is 23.0 Å². The van der Waals surface area contributed by atoms with Crippen LogP contribution in [0.1, 0.15) is 21.9 Å². The van der Waals surface area contributed by atoms with Crippen molar-refractivity contribution in [2.45, 2.75) is 19.0 Å². The minimum absolute atomic E-state index is 0.0165. The van der Waals surface area contributed by atoms with E-state index in [4.69, 9.17) is 5.11 Å². The zero-order valence-electron chi connectivity index (χ0n) is 11.3. The molecule has 1 saturated heterocycles. The molecule has 1 atom stereocenters. The highest BCUT2D eigenvalue weighted by Gasteiger charge is 2.32. The van der Waals surface area contributed by atoms with E-state index in [1.54, 1.807) is 7.05 Å². The summed E-state index contributed by atoms with van der Waals surface area (Å²) in [5, 5.41) is 13.2. The third-order valence-electron chi connectivity index (χ3n) is 3.24. The van der Waals surface area contributed by atoms with Gasteiger partial charge in [0.05, 0.1) is 18.1 Å². The van der Waals surface area contributed by atoms with E-state index in [0.717, 1.165) is 11.3 Å². The van der Waals surface area contributed by atoms with E-state index in [-0.39, 0.29) is 29.8 Å². The highest BCUT2D eigenvalue weighted by Crippen LogP contribution is 2.16. The number of nitrogens with zero attached hydrogens (tertiary/aromatic N) is 2. The minimum atomic E-state index is -3.04. The Hall–Kier alpha value is -1.68. The summed E-state index contributed by atoms with van der Waals surface area (Å²) in [5.41, 5.74) is -0.0560. The second-order valence-electron chi connectivity index (χ2n) is 4.76. The van der Waals surface area contributed by atoms with Crippen LogP contribution in [0.25, 0.3) is 0 Å². The second kappa shape index (κ2) is 5.98. The molecule has 21 heavy (non-hydrogen) atoms. The molecule has 0 radical (unpaired) electrons. The largest absolute Gasteiger partial charge is 0.476 e. The third-order valence-corrected chi connectivity index (χ3v) is 5.84. The lowest BCUT2D eigenvalue weighted by Gasteiger charge is -2.23. The van der Waals surface area contributed by atoms with Gasteiger partial charge in [0.15, 0.2) is 15.5 Å². The molecule has 0 bridgehead atoms. The number of hydrogen-bond donors (Lipinski definition) is 2. The van der Waals surface area contributed by atoms with E-state index in [1.807, 2.05) is 0 Å². The van der Waals surface area contributed by atoms with Gasteiger partial charge < -0.3 is 15.3 Å². The Morgan fingerprint density at radius 3 is 2.81 bits per heavy atom. The molecule has 2 N–H and O–H groups in total. The third kappa shape index (κ3) is 3.91. The highest BCUT2D eigenvalue weighted by atomic mass is 32.2. The van der Waals surface area contributed by atoms with Crippen LogP contribution in [0.5, 0.6) is 0 Å². The van der Waals surface area contributed by atoms with Crippen molar-refractivity contribution in [2.75, 3.05) is 18.6 Å². The van der Waals surface area contributed by atoms with E-state index >= 15 is 0 Å². The molecular weight excluding hydrogens is 318 g/mol. The number of sulfone groups is 1. The summed E-state index contributed by atoms with van der Waals surface area (Å²) in [6, 6.07) is -0.718. The Morgan fingerprint density at radius 2 is 2.29 bits per heavy atom. The average Bonchev–Trinajstić information content (AvgIpc) is 3.01. The van der Waals surface area contributed by atoms with Crippen LogP contribution in [0.15, 0.2) is 5.38 Å². The molecule has 1 fully saturated rings. The van der Waals surface area contributed by atoms with Gasteiger partial charge in [0, 0.05) is 18.5 Å². The molecule has 0 aliphatic carbocycles. The summed E-state index contributed by atoms with van der Waals surface area (Å²) in [5.74, 6) is -1.03. The highest BCUT2D eigenvalue weighted by molar-refractivity contribution is 7.91. The predicted octanol–water partition coefficient (Wildman–Crippen LogP) is 0.170. The van der Waals surface area contributed by atoms with Crippen LogP contribution >= 0.6 is 11.3 Å². The Kier molecular flexibility index (Phi) is 4.47. The number of amides is 2. The molecule has 116 valence electrons. The summed E-state index contributed by atoms with van der Waals surface area (Å²) in [6.07, 6.45) is 0.437. The first kappa shape index (κ1) is 15.7. The van der Waals surface area contributed by atoms with Gasteiger partial charge in [-0.05, 0) is 6.42 Å². The molecule has 2 rings (SSSR count). The van der Waals surface area contributed by atoms with Gasteiger partial charge in [0.2, 0.25) is 0 Å². The van der Waals surface area contributed by atoms with Gasteiger partial charge in [0.25, 0.3) is 0 Å². The van der Waals surface area contributed by atoms with Crippen molar-refractivity contribution < 1.29 is 23.1 Å². The molecule has 2 amide bonds. The number of aromatic carboxylic acids is 1. The van der Waals surface area contributed by atoms with Crippen LogP contribution in [-0.2, 0) is 16.4 Å². The minimum Gasteiger partial charge on any atom is -0.476 e. The Bertz CT molecular complexity index is 655. The second-order valence-corrected chi connectivity index (χ2v) is 7.93. The first-order chi connectivity index (χ1) is 9.78. The van der Waals surface area contributed by atoms with Gasteiger partial charge in [-0.3, -0.25) is 0 Å². The maximum atomic E-state index is 11.9. The maximum absolute atomic E-state index is 11.9. The van der Waals surface area contributed by atoms with Crippen molar-refractivity contribution in [3.63, 3.8) is 0 Å². The van der Waals surface area contributed by atoms with Crippen molar-refractivity contribution in [3.05, 3.63) is 16.1 Å². The average molecular weight is 333 g/mol. The van der Waals surface area contributed by atoms with Crippen molar-refractivity contribution in [1.82, 2.24) is 15.2 Å². The topological polar surface area (TPSA) is 117 Å². The van der Waals surface area contributed by atoms with Crippen LogP contribution in [-0.4, -0.2) is 60.0 Å². The molecule has 1 unspecified atom stereocenters. The van der Waals surface area contributed by atoms with E-state index in [0.29, 0.717) is 11.4 Å². The van der Waals surface area contributed by atoms with Gasteiger partial charge in [-0.1, -0.05) is 0 Å². The lowest BCUT2D eigenvalue weighted by atomic mass is 10.2. The molecular formula is C11H15N3O5S2. The van der Waals surface area contributed by atoms with Crippen molar-refractivity contribution in [3.8, 4) is 0 Å². The van der Waals surface area contributed by atoms with Crippen molar-refractivity contribution >= 4 is 33.2 Å². The van der Waals surface area contributed by atoms with Crippen LogP contribution in [0, 0.1) is 0 Å². The molecule has 1 aliphatic rings. The normalized spacial score (nSPS) is 20.1. The van der Waals surface area contributed by atoms with E-state index < -0.39 is 21.8 Å². The fraction of sp³-hybridized carbons (Fsp3) is 0.545. The molecule has 2 heterocycles.